The van der Waals surface area contributed by atoms with Crippen LogP contribution in [-0.4, -0.2) is 18.2 Å². The molecule has 0 N–H and O–H groups in total. The molecule has 6 nitrogen and oxygen atoms in total. The summed E-state index contributed by atoms with van der Waals surface area (Å²) < 4.78 is 131. The molecule has 0 fully saturated rings. The normalized spacial score (nSPS) is 15.4. The lowest BCUT2D eigenvalue weighted by atomic mass is 9.98. The maximum atomic E-state index is 16.9. The van der Waals surface area contributed by atoms with Crippen LogP contribution in [0.25, 0.3) is 45.4 Å². The van der Waals surface area contributed by atoms with Crippen molar-refractivity contribution in [3.63, 3.8) is 0 Å². The first kappa shape index (κ1) is 29.1. The van der Waals surface area contributed by atoms with Crippen LogP contribution in [0.3, 0.4) is 0 Å². The minimum Gasteiger partial charge on any atom is -0.497 e. The van der Waals surface area contributed by atoms with Crippen molar-refractivity contribution in [2.75, 3.05) is 14.2 Å². The molecule has 6 aromatic rings. The van der Waals surface area contributed by atoms with Gasteiger partial charge in [0.1, 0.15) is 28.5 Å². The number of hydrogen-bond acceptors (Lipinski definition) is 4. The van der Waals surface area contributed by atoms with Crippen LogP contribution in [-0.2, 0) is 0 Å². The van der Waals surface area contributed by atoms with Gasteiger partial charge in [-0.15, -0.1) is 0 Å². The quantitative estimate of drug-likeness (QED) is 0.0810. The number of hydrogen-bond donors (Lipinski definition) is 0. The van der Waals surface area contributed by atoms with Crippen molar-refractivity contribution in [2.24, 2.45) is 0 Å². The summed E-state index contributed by atoms with van der Waals surface area (Å²) in [6.07, 6.45) is 1.09. The predicted octanol–water partition coefficient (Wildman–Crippen LogP) is 7.88. The molecule has 3 aromatic carbocycles. The van der Waals surface area contributed by atoms with Crippen molar-refractivity contribution in [1.29, 1.82) is 0 Å². The molecule has 5 heterocycles. The fourth-order valence-electron chi connectivity index (χ4n) is 5.85. The third-order valence-electron chi connectivity index (χ3n) is 8.05. The van der Waals surface area contributed by atoms with Crippen molar-refractivity contribution in [2.45, 2.75) is 0 Å². The second-order valence-electron chi connectivity index (χ2n) is 10.6. The number of fused-ring (bicyclic) bond motifs is 5. The molecule has 0 saturated carbocycles. The predicted molar refractivity (Wildman–Crippen MR) is 159 cm³/mol. The van der Waals surface area contributed by atoms with Crippen LogP contribution in [0.2, 0.25) is 0 Å². The van der Waals surface area contributed by atoms with E-state index in [1.54, 1.807) is 48.5 Å². The van der Waals surface area contributed by atoms with Crippen LogP contribution in [0, 0.1) is 29.1 Å². The Morgan fingerprint density at radius 1 is 0.681 bits per heavy atom. The van der Waals surface area contributed by atoms with Crippen molar-refractivity contribution in [3.05, 3.63) is 124 Å². The Morgan fingerprint density at radius 3 is 1.77 bits per heavy atom. The van der Waals surface area contributed by atoms with Gasteiger partial charge in [0.05, 0.1) is 43.2 Å². The third-order valence-corrected chi connectivity index (χ3v) is 9.72. The van der Waals surface area contributed by atoms with Crippen molar-refractivity contribution in [1.82, 2.24) is 7.95 Å². The summed E-state index contributed by atoms with van der Waals surface area (Å²) in [6.45, 7) is 0. The van der Waals surface area contributed by atoms with Gasteiger partial charge in [0.25, 0.3) is 5.36 Å². The summed E-state index contributed by atoms with van der Waals surface area (Å²) in [4.78, 5) is 0. The van der Waals surface area contributed by atoms with Gasteiger partial charge in [-0.25, -0.2) is 22.0 Å². The van der Waals surface area contributed by atoms with E-state index in [2.05, 4.69) is 0 Å². The highest BCUT2D eigenvalue weighted by atomic mass is 32.3. The summed E-state index contributed by atoms with van der Waals surface area (Å²) in [5, 5.41) is -0.168. The van der Waals surface area contributed by atoms with E-state index < -0.39 is 62.8 Å². The molecule has 0 saturated heterocycles. The van der Waals surface area contributed by atoms with Gasteiger partial charge in [-0.05, 0) is 48.5 Å². The first-order valence-electron chi connectivity index (χ1n) is 13.8. The zero-order chi connectivity index (χ0) is 32.9. The van der Waals surface area contributed by atoms with Crippen LogP contribution in [0.15, 0.2) is 81.3 Å². The summed E-state index contributed by atoms with van der Waals surface area (Å²) >= 11 is -5.18. The molecule has 2 aliphatic heterocycles. The molecule has 0 unspecified atom stereocenters. The van der Waals surface area contributed by atoms with Crippen molar-refractivity contribution < 1.29 is 48.0 Å². The minimum atomic E-state index is -5.18. The minimum absolute atomic E-state index is 0.104. The Kier molecular flexibility index (Phi) is 6.22. The lowest BCUT2D eigenvalue weighted by Crippen LogP contribution is -2.35. The summed E-state index contributed by atoms with van der Waals surface area (Å²) in [6, 6.07) is 16.9. The van der Waals surface area contributed by atoms with Crippen LogP contribution in [0.5, 0.6) is 11.5 Å². The molecule has 0 spiro atoms. The maximum Gasteiger partial charge on any atom is 0.388 e. The highest BCUT2D eigenvalue weighted by Gasteiger charge is 2.54. The fourth-order valence-corrected chi connectivity index (χ4v) is 7.53. The number of nitrogens with zero attached hydrogens (tertiary/aromatic N) is 2. The van der Waals surface area contributed by atoms with E-state index in [9.17, 15) is 13.2 Å². The highest BCUT2D eigenvalue weighted by molar-refractivity contribution is 8.22. The Bertz CT molecular complexity index is 2430. The second-order valence-corrected chi connectivity index (χ2v) is 12.1. The summed E-state index contributed by atoms with van der Waals surface area (Å²) in [7, 11) is 2.96. The molecule has 2 aliphatic rings. The fraction of sp³-hybridized carbons (Fsp3) is 0.0606. The molecule has 3 aromatic heterocycles. The topological polar surface area (TPSA) is 52.7 Å². The van der Waals surface area contributed by atoms with Crippen LogP contribution in [0.1, 0.15) is 11.3 Å². The molecule has 0 radical (unpaired) electrons. The lowest BCUT2D eigenvalue weighted by molar-refractivity contribution is 0.376. The lowest BCUT2D eigenvalue weighted by Gasteiger charge is -2.27. The standard InChI is InChI=1S/C33H18F7N2O4S/c1-43-17-7-3-15(4-8-17)23-11-19-25(45-23)13-21-27(28-29(34)31(36)33(38)32(37)30(28)35)22-14-26-20(42(22)47(39,40)41(19)21)12-24(46-26)16-5-9-18(44-2)10-6-16/h3-14H,1-2H3/q+1. The highest BCUT2D eigenvalue weighted by Crippen LogP contribution is 2.62. The van der Waals surface area contributed by atoms with Gasteiger partial charge in [-0.3, -0.25) is 0 Å². The SMILES string of the molecule is COc1ccc(-c2cc3c(o2)=CC2=C(c4c(F)c(F)c(F)c(F)c4F)c4cc5oc(-c6ccc(OC)cc6)cc5n4S(F)(F)[N+]=32)cc1. The van der Waals surface area contributed by atoms with E-state index in [0.717, 1.165) is 12.1 Å². The molecule has 8 rings (SSSR count). The van der Waals surface area contributed by atoms with Gasteiger partial charge < -0.3 is 18.3 Å². The van der Waals surface area contributed by atoms with Gasteiger partial charge in [0, 0.05) is 23.3 Å². The Balaban J connectivity index is 1.43. The van der Waals surface area contributed by atoms with Crippen LogP contribution < -0.4 is 24.2 Å². The van der Waals surface area contributed by atoms with Gasteiger partial charge >= 0.3 is 11.2 Å². The zero-order valence-electron chi connectivity index (χ0n) is 24.0. The Hall–Kier alpha value is -5.37. The second kappa shape index (κ2) is 10.1. The number of rotatable bonds is 5. The number of aromatic nitrogens is 1. The monoisotopic (exact) mass is 671 g/mol. The molecule has 0 amide bonds. The molecule has 14 heteroatoms. The number of furan rings is 2. The van der Waals surface area contributed by atoms with Crippen molar-refractivity contribution >= 4 is 33.9 Å². The smallest absolute Gasteiger partial charge is 0.388 e. The van der Waals surface area contributed by atoms with Crippen LogP contribution in [0.4, 0.5) is 29.7 Å². The third kappa shape index (κ3) is 4.03. The molecule has 47 heavy (non-hydrogen) atoms. The van der Waals surface area contributed by atoms with E-state index in [4.69, 9.17) is 18.3 Å². The van der Waals surface area contributed by atoms with Crippen LogP contribution >= 0.6 is 11.2 Å². The summed E-state index contributed by atoms with van der Waals surface area (Å²) in [5.41, 5.74) is -2.40. The van der Waals surface area contributed by atoms with Gasteiger partial charge in [-0.2, -0.15) is 3.97 Å². The molecule has 0 aliphatic carbocycles. The Labute approximate surface area is 261 Å². The molecular formula is C33H18F7N2O4S+. The van der Waals surface area contributed by atoms with E-state index in [0.29, 0.717) is 30.6 Å². The summed E-state index contributed by atoms with van der Waals surface area (Å²) in [5.74, 6) is -9.70. The number of allylic oxidation sites excluding steroid dienone is 1. The largest absolute Gasteiger partial charge is 0.497 e. The van der Waals surface area contributed by atoms with E-state index >= 15 is 16.6 Å². The van der Waals surface area contributed by atoms with Crippen molar-refractivity contribution in [3.8, 4) is 34.1 Å². The van der Waals surface area contributed by atoms with E-state index in [1.165, 1.54) is 26.4 Å². The molecule has 0 bridgehead atoms. The van der Waals surface area contributed by atoms with E-state index in [1.807, 2.05) is 0 Å². The number of benzene rings is 3. The van der Waals surface area contributed by atoms with E-state index in [-0.39, 0.29) is 33.4 Å². The average Bonchev–Trinajstić information content (AvgIpc) is 3.84. The number of ether oxygens (including phenoxy) is 2. The van der Waals surface area contributed by atoms with Gasteiger partial charge in [-0.1, -0.05) is 11.8 Å². The first-order chi connectivity index (χ1) is 22.5. The average molecular weight is 672 g/mol. The number of methoxy groups -OCH3 is 2. The van der Waals surface area contributed by atoms with Gasteiger partial charge in [0.15, 0.2) is 28.9 Å². The molecular weight excluding hydrogens is 653 g/mol. The number of halogens is 7. The maximum absolute atomic E-state index is 16.9. The van der Waals surface area contributed by atoms with Gasteiger partial charge in [0.2, 0.25) is 16.9 Å². The first-order valence-corrected chi connectivity index (χ1v) is 15.1. The zero-order valence-corrected chi connectivity index (χ0v) is 24.8. The Morgan fingerprint density at radius 2 is 1.21 bits per heavy atom. The molecule has 0 atom stereocenters. The molecule has 238 valence electrons.